The highest BCUT2D eigenvalue weighted by Crippen LogP contribution is 2.32. The maximum atomic E-state index is 11.4. The molecule has 1 saturated carbocycles. The predicted molar refractivity (Wildman–Crippen MR) is 59.8 cm³/mol. The third-order valence-electron chi connectivity index (χ3n) is 3.32. The standard InChI is InChI=1S/C12H14ClNO/c1-8-9(2-3-12(8)15)6-10-4-5-14-7-11(10)13/h4-5,7-9H,2-3,6H2,1H3. The Hall–Kier alpha value is -0.890. The number of Topliss-reactive ketones (excluding diaryl/α,β-unsaturated/α-hetero) is 1. The lowest BCUT2D eigenvalue weighted by molar-refractivity contribution is -0.120. The van der Waals surface area contributed by atoms with Crippen molar-refractivity contribution in [2.75, 3.05) is 0 Å². The van der Waals surface area contributed by atoms with Gasteiger partial charge in [0, 0.05) is 24.7 Å². The van der Waals surface area contributed by atoms with Crippen LogP contribution in [-0.4, -0.2) is 10.8 Å². The van der Waals surface area contributed by atoms with Crippen molar-refractivity contribution in [1.82, 2.24) is 4.98 Å². The van der Waals surface area contributed by atoms with Gasteiger partial charge < -0.3 is 0 Å². The Morgan fingerprint density at radius 3 is 3.00 bits per heavy atom. The molecule has 2 unspecified atom stereocenters. The van der Waals surface area contributed by atoms with Crippen LogP contribution >= 0.6 is 11.6 Å². The van der Waals surface area contributed by atoms with E-state index in [4.69, 9.17) is 11.6 Å². The first kappa shape index (κ1) is 10.6. The van der Waals surface area contributed by atoms with E-state index in [0.717, 1.165) is 24.8 Å². The fourth-order valence-corrected chi connectivity index (χ4v) is 2.40. The SMILES string of the molecule is CC1C(=O)CCC1Cc1ccncc1Cl. The maximum absolute atomic E-state index is 11.4. The second kappa shape index (κ2) is 4.31. The van der Waals surface area contributed by atoms with Gasteiger partial charge in [-0.15, -0.1) is 0 Å². The summed E-state index contributed by atoms with van der Waals surface area (Å²) in [5, 5.41) is 0.712. The summed E-state index contributed by atoms with van der Waals surface area (Å²) in [6.45, 7) is 2.02. The normalized spacial score (nSPS) is 25.9. The average molecular weight is 224 g/mol. The van der Waals surface area contributed by atoms with Gasteiger partial charge in [-0.2, -0.15) is 0 Å². The zero-order valence-electron chi connectivity index (χ0n) is 8.74. The van der Waals surface area contributed by atoms with E-state index < -0.39 is 0 Å². The van der Waals surface area contributed by atoms with E-state index in [0.29, 0.717) is 16.7 Å². The van der Waals surface area contributed by atoms with Gasteiger partial charge in [0.25, 0.3) is 0 Å². The lowest BCUT2D eigenvalue weighted by Gasteiger charge is -2.14. The zero-order chi connectivity index (χ0) is 10.8. The number of rotatable bonds is 2. The van der Waals surface area contributed by atoms with Gasteiger partial charge in [0.2, 0.25) is 0 Å². The highest BCUT2D eigenvalue weighted by atomic mass is 35.5. The number of ketones is 1. The van der Waals surface area contributed by atoms with Crippen LogP contribution in [0.2, 0.25) is 5.02 Å². The number of halogens is 1. The lowest BCUT2D eigenvalue weighted by Crippen LogP contribution is -2.13. The van der Waals surface area contributed by atoms with E-state index in [9.17, 15) is 4.79 Å². The summed E-state index contributed by atoms with van der Waals surface area (Å²) in [4.78, 5) is 15.4. The fraction of sp³-hybridized carbons (Fsp3) is 0.500. The summed E-state index contributed by atoms with van der Waals surface area (Å²) >= 11 is 6.04. The maximum Gasteiger partial charge on any atom is 0.135 e. The molecule has 80 valence electrons. The molecule has 0 spiro atoms. The molecular weight excluding hydrogens is 210 g/mol. The molecule has 0 aliphatic heterocycles. The van der Waals surface area contributed by atoms with Crippen molar-refractivity contribution in [3.63, 3.8) is 0 Å². The quantitative estimate of drug-likeness (QED) is 0.772. The van der Waals surface area contributed by atoms with E-state index in [2.05, 4.69) is 4.98 Å². The minimum atomic E-state index is 0.189. The lowest BCUT2D eigenvalue weighted by atomic mass is 9.91. The molecule has 15 heavy (non-hydrogen) atoms. The van der Waals surface area contributed by atoms with Crippen LogP contribution in [0.5, 0.6) is 0 Å². The Balaban J connectivity index is 2.10. The topological polar surface area (TPSA) is 30.0 Å². The van der Waals surface area contributed by atoms with Gasteiger partial charge in [0.15, 0.2) is 0 Å². The second-order valence-corrected chi connectivity index (χ2v) is 4.63. The van der Waals surface area contributed by atoms with Gasteiger partial charge >= 0.3 is 0 Å². The van der Waals surface area contributed by atoms with Crippen LogP contribution in [0.4, 0.5) is 0 Å². The van der Waals surface area contributed by atoms with Gasteiger partial charge in [-0.25, -0.2) is 0 Å². The Kier molecular flexibility index (Phi) is 3.06. The van der Waals surface area contributed by atoms with Crippen molar-refractivity contribution in [2.24, 2.45) is 11.8 Å². The van der Waals surface area contributed by atoms with Gasteiger partial charge in [-0.3, -0.25) is 9.78 Å². The number of hydrogen-bond acceptors (Lipinski definition) is 2. The molecule has 0 radical (unpaired) electrons. The molecular formula is C12H14ClNO. The molecule has 3 heteroatoms. The van der Waals surface area contributed by atoms with Crippen LogP contribution in [-0.2, 0) is 11.2 Å². The van der Waals surface area contributed by atoms with Gasteiger partial charge in [0.05, 0.1) is 5.02 Å². The molecule has 1 aromatic heterocycles. The highest BCUT2D eigenvalue weighted by Gasteiger charge is 2.30. The zero-order valence-corrected chi connectivity index (χ0v) is 9.50. The van der Waals surface area contributed by atoms with Gasteiger partial charge in [-0.05, 0) is 30.4 Å². The average Bonchev–Trinajstić information content (AvgIpc) is 2.53. The van der Waals surface area contributed by atoms with Crippen molar-refractivity contribution in [3.05, 3.63) is 29.0 Å². The summed E-state index contributed by atoms with van der Waals surface area (Å²) in [5.41, 5.74) is 1.11. The van der Waals surface area contributed by atoms with Crippen molar-refractivity contribution < 1.29 is 4.79 Å². The number of hydrogen-bond donors (Lipinski definition) is 0. The third-order valence-corrected chi connectivity index (χ3v) is 3.66. The largest absolute Gasteiger partial charge is 0.299 e. The van der Waals surface area contributed by atoms with Crippen LogP contribution in [0, 0.1) is 11.8 Å². The molecule has 1 fully saturated rings. The van der Waals surface area contributed by atoms with Crippen molar-refractivity contribution in [1.29, 1.82) is 0 Å². The molecule has 2 atom stereocenters. The Morgan fingerprint density at radius 1 is 1.60 bits per heavy atom. The summed E-state index contributed by atoms with van der Waals surface area (Å²) < 4.78 is 0. The van der Waals surface area contributed by atoms with Gasteiger partial charge in [-0.1, -0.05) is 18.5 Å². The highest BCUT2D eigenvalue weighted by molar-refractivity contribution is 6.31. The van der Waals surface area contributed by atoms with Crippen LogP contribution in [0.15, 0.2) is 18.5 Å². The Bertz CT molecular complexity index is 378. The summed E-state index contributed by atoms with van der Waals surface area (Å²) in [6.07, 6.45) is 6.04. The Morgan fingerprint density at radius 2 is 2.40 bits per heavy atom. The molecule has 2 nitrogen and oxygen atoms in total. The van der Waals surface area contributed by atoms with E-state index >= 15 is 0 Å². The van der Waals surface area contributed by atoms with E-state index in [1.54, 1.807) is 12.4 Å². The number of carbonyl (C=O) groups excluding carboxylic acids is 1. The molecule has 0 bridgehead atoms. The molecule has 1 heterocycles. The molecule has 0 N–H and O–H groups in total. The minimum absolute atomic E-state index is 0.189. The molecule has 1 aromatic rings. The molecule has 2 rings (SSSR count). The molecule has 1 aliphatic rings. The van der Waals surface area contributed by atoms with E-state index in [-0.39, 0.29) is 5.92 Å². The van der Waals surface area contributed by atoms with Crippen molar-refractivity contribution in [3.8, 4) is 0 Å². The number of carbonyl (C=O) groups is 1. The summed E-state index contributed by atoms with van der Waals surface area (Å²) in [5.74, 6) is 1.04. The predicted octanol–water partition coefficient (Wildman–Crippen LogP) is 2.89. The molecule has 1 aliphatic carbocycles. The molecule has 0 aromatic carbocycles. The molecule has 0 saturated heterocycles. The van der Waals surface area contributed by atoms with Crippen LogP contribution in [0.25, 0.3) is 0 Å². The summed E-state index contributed by atoms with van der Waals surface area (Å²) in [6, 6.07) is 1.94. The third kappa shape index (κ3) is 2.20. The fourth-order valence-electron chi connectivity index (χ4n) is 2.20. The van der Waals surface area contributed by atoms with E-state index in [1.807, 2.05) is 13.0 Å². The first-order valence-electron chi connectivity index (χ1n) is 5.29. The number of pyridine rings is 1. The van der Waals surface area contributed by atoms with Gasteiger partial charge in [0.1, 0.15) is 5.78 Å². The minimum Gasteiger partial charge on any atom is -0.299 e. The first-order chi connectivity index (χ1) is 7.18. The van der Waals surface area contributed by atoms with Crippen LogP contribution in [0.3, 0.4) is 0 Å². The number of nitrogens with zero attached hydrogens (tertiary/aromatic N) is 1. The van der Waals surface area contributed by atoms with Crippen LogP contribution in [0.1, 0.15) is 25.3 Å². The second-order valence-electron chi connectivity index (χ2n) is 4.22. The van der Waals surface area contributed by atoms with Crippen molar-refractivity contribution >= 4 is 17.4 Å². The number of aromatic nitrogens is 1. The molecule has 0 amide bonds. The van der Waals surface area contributed by atoms with Crippen molar-refractivity contribution in [2.45, 2.75) is 26.2 Å². The van der Waals surface area contributed by atoms with Crippen LogP contribution < -0.4 is 0 Å². The first-order valence-corrected chi connectivity index (χ1v) is 5.67. The summed E-state index contributed by atoms with van der Waals surface area (Å²) in [7, 11) is 0. The Labute approximate surface area is 94.7 Å². The smallest absolute Gasteiger partial charge is 0.135 e. The van der Waals surface area contributed by atoms with E-state index in [1.165, 1.54) is 0 Å². The monoisotopic (exact) mass is 223 g/mol.